The average molecular weight is 564 g/mol. The van der Waals surface area contributed by atoms with Crippen molar-refractivity contribution in [3.05, 3.63) is 147 Å². The molecule has 0 saturated heterocycles. The summed E-state index contributed by atoms with van der Waals surface area (Å²) in [5.74, 6) is -2.01. The Labute approximate surface area is 238 Å². The van der Waals surface area contributed by atoms with Gasteiger partial charge in [-0.25, -0.2) is 9.78 Å². The van der Waals surface area contributed by atoms with Crippen LogP contribution >= 0.6 is 11.3 Å². The van der Waals surface area contributed by atoms with E-state index in [2.05, 4.69) is 10.3 Å². The molecule has 1 amide bonds. The number of ketones is 1. The van der Waals surface area contributed by atoms with Gasteiger partial charge in [0, 0.05) is 34.2 Å². The topological polar surface area (TPSA) is 129 Å². The Balaban J connectivity index is 1.40. The number of non-ortho nitro benzene ring substituents is 1. The average Bonchev–Trinajstić information content (AvgIpc) is 3.49. The Kier molecular flexibility index (Phi) is 8.03. The number of hydrogen-bond acceptors (Lipinski definition) is 8. The van der Waals surface area contributed by atoms with E-state index in [1.807, 2.05) is 35.7 Å². The van der Waals surface area contributed by atoms with Gasteiger partial charge in [0.2, 0.25) is 5.78 Å². The van der Waals surface area contributed by atoms with Gasteiger partial charge in [-0.15, -0.1) is 11.3 Å². The van der Waals surface area contributed by atoms with Crippen molar-refractivity contribution in [2.24, 2.45) is 0 Å². The van der Waals surface area contributed by atoms with Crippen molar-refractivity contribution < 1.29 is 24.0 Å². The molecule has 1 N–H and O–H groups in total. The minimum absolute atomic E-state index is 0.0311. The maximum atomic E-state index is 13.4. The zero-order valence-corrected chi connectivity index (χ0v) is 22.1. The van der Waals surface area contributed by atoms with Crippen LogP contribution in [0.4, 0.5) is 10.8 Å². The Bertz CT molecular complexity index is 1720. The zero-order valence-electron chi connectivity index (χ0n) is 21.3. The summed E-state index contributed by atoms with van der Waals surface area (Å²) in [4.78, 5) is 55.1. The fraction of sp³-hybridized carbons (Fsp3) is 0.0323. The van der Waals surface area contributed by atoms with Crippen LogP contribution in [-0.4, -0.2) is 27.6 Å². The summed E-state index contributed by atoms with van der Waals surface area (Å²) < 4.78 is 5.69. The van der Waals surface area contributed by atoms with Crippen molar-refractivity contribution in [3.63, 3.8) is 0 Å². The molecule has 0 aliphatic carbocycles. The monoisotopic (exact) mass is 563 g/mol. The van der Waals surface area contributed by atoms with E-state index in [4.69, 9.17) is 4.74 Å². The highest BCUT2D eigenvalue weighted by atomic mass is 32.1. The number of hydrogen-bond donors (Lipinski definition) is 1. The summed E-state index contributed by atoms with van der Waals surface area (Å²) in [5, 5.41) is 16.0. The molecule has 0 unspecified atom stereocenters. The van der Waals surface area contributed by atoms with Crippen molar-refractivity contribution in [1.29, 1.82) is 0 Å². The van der Waals surface area contributed by atoms with Gasteiger partial charge >= 0.3 is 5.97 Å². The number of benzene rings is 4. The lowest BCUT2D eigenvalue weighted by Gasteiger charge is -2.18. The second-order valence-corrected chi connectivity index (χ2v) is 9.63. The largest absolute Gasteiger partial charge is 0.445 e. The third-order valence-electron chi connectivity index (χ3n) is 6.11. The Morgan fingerprint density at radius 2 is 1.41 bits per heavy atom. The summed E-state index contributed by atoms with van der Waals surface area (Å²) in [6.07, 6.45) is -1.41. The number of carbonyl (C=O) groups is 3. The number of aromatic nitrogens is 1. The van der Waals surface area contributed by atoms with Crippen LogP contribution in [0, 0.1) is 10.1 Å². The van der Waals surface area contributed by atoms with Gasteiger partial charge < -0.3 is 4.74 Å². The van der Waals surface area contributed by atoms with E-state index in [1.165, 1.54) is 47.7 Å². The molecule has 0 aliphatic rings. The second kappa shape index (κ2) is 12.1. The second-order valence-electron chi connectivity index (χ2n) is 8.77. The molecule has 1 aromatic heterocycles. The molecule has 0 radical (unpaired) electrons. The molecular formula is C31H21N3O6S. The van der Waals surface area contributed by atoms with Gasteiger partial charge in [0.1, 0.15) is 0 Å². The first-order valence-corrected chi connectivity index (χ1v) is 13.2. The minimum atomic E-state index is -1.41. The van der Waals surface area contributed by atoms with Crippen LogP contribution in [0.15, 0.2) is 115 Å². The molecule has 0 fully saturated rings. The predicted octanol–water partition coefficient (Wildman–Crippen LogP) is 6.75. The number of esters is 1. The summed E-state index contributed by atoms with van der Waals surface area (Å²) in [6, 6.07) is 29.0. The predicted molar refractivity (Wildman–Crippen MR) is 154 cm³/mol. The number of nitro benzene ring substituents is 1. The van der Waals surface area contributed by atoms with Crippen molar-refractivity contribution in [3.8, 4) is 11.3 Å². The number of thiazole rings is 1. The summed E-state index contributed by atoms with van der Waals surface area (Å²) in [5.41, 5.74) is 1.92. The molecule has 1 heterocycles. The third-order valence-corrected chi connectivity index (χ3v) is 6.87. The molecule has 0 bridgehead atoms. The SMILES string of the molecule is O=C(Nc1nc(-c2ccccc2)cs1)c1ccccc1C(=O)O[C@@H](C(=O)c1ccccc1)c1ccc([N+](=O)[O-])cc1. The maximum Gasteiger partial charge on any atom is 0.340 e. The van der Waals surface area contributed by atoms with E-state index in [0.717, 1.165) is 5.56 Å². The van der Waals surface area contributed by atoms with E-state index in [0.29, 0.717) is 10.8 Å². The van der Waals surface area contributed by atoms with E-state index >= 15 is 0 Å². The van der Waals surface area contributed by atoms with Gasteiger partial charge in [-0.3, -0.25) is 25.0 Å². The Morgan fingerprint density at radius 1 is 0.805 bits per heavy atom. The normalized spacial score (nSPS) is 11.3. The van der Waals surface area contributed by atoms with E-state index in [1.54, 1.807) is 42.5 Å². The van der Waals surface area contributed by atoms with Crippen molar-refractivity contribution in [2.75, 3.05) is 5.32 Å². The van der Waals surface area contributed by atoms with E-state index in [-0.39, 0.29) is 27.9 Å². The summed E-state index contributed by atoms with van der Waals surface area (Å²) in [7, 11) is 0. The highest BCUT2D eigenvalue weighted by Crippen LogP contribution is 2.28. The lowest BCUT2D eigenvalue weighted by Crippen LogP contribution is -2.23. The number of nitrogens with one attached hydrogen (secondary N) is 1. The van der Waals surface area contributed by atoms with Crippen LogP contribution in [0.2, 0.25) is 0 Å². The number of nitro groups is 1. The smallest absolute Gasteiger partial charge is 0.340 e. The van der Waals surface area contributed by atoms with Crippen molar-refractivity contribution in [2.45, 2.75) is 6.10 Å². The van der Waals surface area contributed by atoms with Gasteiger partial charge in [-0.2, -0.15) is 0 Å². The molecule has 5 aromatic rings. The maximum absolute atomic E-state index is 13.4. The van der Waals surface area contributed by atoms with E-state index < -0.39 is 28.7 Å². The van der Waals surface area contributed by atoms with Crippen LogP contribution < -0.4 is 5.32 Å². The molecule has 202 valence electrons. The molecule has 0 saturated carbocycles. The lowest BCUT2D eigenvalue weighted by molar-refractivity contribution is -0.384. The number of carbonyl (C=O) groups excluding carboxylic acids is 3. The first-order chi connectivity index (χ1) is 19.9. The van der Waals surface area contributed by atoms with Gasteiger partial charge in [0.25, 0.3) is 11.6 Å². The number of ether oxygens (including phenoxy) is 1. The van der Waals surface area contributed by atoms with Crippen LogP contribution in [0.3, 0.4) is 0 Å². The molecule has 10 heteroatoms. The molecule has 5 rings (SSSR count). The van der Waals surface area contributed by atoms with Crippen LogP contribution in [-0.2, 0) is 4.74 Å². The molecular weight excluding hydrogens is 542 g/mol. The standard InChI is InChI=1S/C31H21N3O6S/c35-27(21-11-5-2-6-12-21)28(22-15-17-23(18-16-22)34(38)39)40-30(37)25-14-8-7-13-24(25)29(36)33-31-32-26(19-41-31)20-9-3-1-4-10-20/h1-19,28H,(H,32,33,36)/t28-/m1/s1. The number of rotatable bonds is 9. The van der Waals surface area contributed by atoms with Gasteiger partial charge in [0.15, 0.2) is 11.2 Å². The van der Waals surface area contributed by atoms with Gasteiger partial charge in [-0.05, 0) is 24.3 Å². The number of anilines is 1. The van der Waals surface area contributed by atoms with E-state index in [9.17, 15) is 24.5 Å². The quantitative estimate of drug-likeness (QED) is 0.0909. The number of amides is 1. The van der Waals surface area contributed by atoms with Gasteiger partial charge in [0.05, 0.1) is 21.7 Å². The fourth-order valence-electron chi connectivity index (χ4n) is 4.06. The number of nitrogens with zero attached hydrogens (tertiary/aromatic N) is 2. The highest BCUT2D eigenvalue weighted by Gasteiger charge is 2.29. The molecule has 0 spiro atoms. The lowest BCUT2D eigenvalue weighted by atomic mass is 9.99. The zero-order chi connectivity index (χ0) is 28.8. The summed E-state index contributed by atoms with van der Waals surface area (Å²) >= 11 is 1.24. The molecule has 9 nitrogen and oxygen atoms in total. The Morgan fingerprint density at radius 3 is 2.07 bits per heavy atom. The summed E-state index contributed by atoms with van der Waals surface area (Å²) in [6.45, 7) is 0. The van der Waals surface area contributed by atoms with Crippen LogP contribution in [0.5, 0.6) is 0 Å². The molecule has 0 aliphatic heterocycles. The first-order valence-electron chi connectivity index (χ1n) is 12.4. The van der Waals surface area contributed by atoms with Crippen LogP contribution in [0.25, 0.3) is 11.3 Å². The van der Waals surface area contributed by atoms with Crippen molar-refractivity contribution >= 4 is 39.8 Å². The van der Waals surface area contributed by atoms with Crippen molar-refractivity contribution in [1.82, 2.24) is 4.98 Å². The van der Waals surface area contributed by atoms with Crippen LogP contribution in [0.1, 0.15) is 42.7 Å². The Hall–Kier alpha value is -5.48. The minimum Gasteiger partial charge on any atom is -0.445 e. The number of Topliss-reactive ketones (excluding diaryl/α,β-unsaturated/α-hetero) is 1. The molecule has 41 heavy (non-hydrogen) atoms. The first kappa shape index (κ1) is 27.1. The fourth-order valence-corrected chi connectivity index (χ4v) is 4.78. The van der Waals surface area contributed by atoms with Gasteiger partial charge in [-0.1, -0.05) is 72.8 Å². The molecule has 1 atom stereocenters. The highest BCUT2D eigenvalue weighted by molar-refractivity contribution is 7.14. The third kappa shape index (κ3) is 6.23. The molecule has 4 aromatic carbocycles.